The number of amides is 1. The van der Waals surface area contributed by atoms with Crippen LogP contribution in [-0.2, 0) is 4.79 Å². The predicted molar refractivity (Wildman–Crippen MR) is 99.2 cm³/mol. The Hall–Kier alpha value is -2.29. The second-order valence-electron chi connectivity index (χ2n) is 4.85. The lowest BCUT2D eigenvalue weighted by atomic mass is 10.2. The molecule has 2 heterocycles. The van der Waals surface area contributed by atoms with Gasteiger partial charge in [0.25, 0.3) is 0 Å². The van der Waals surface area contributed by atoms with E-state index in [1.165, 1.54) is 4.68 Å². The van der Waals surface area contributed by atoms with Gasteiger partial charge in [-0.1, -0.05) is 41.0 Å². The Balaban J connectivity index is 1.65. The topological polar surface area (TPSA) is 98.7 Å². The van der Waals surface area contributed by atoms with E-state index in [9.17, 15) is 4.79 Å². The largest absolute Gasteiger partial charge is 0.335 e. The molecule has 7 nitrogen and oxygen atoms in total. The Labute approximate surface area is 157 Å². The van der Waals surface area contributed by atoms with Gasteiger partial charge in [0.05, 0.1) is 21.5 Å². The van der Waals surface area contributed by atoms with Gasteiger partial charge in [-0.3, -0.25) is 9.78 Å². The average molecular weight is 395 g/mol. The van der Waals surface area contributed by atoms with Crippen LogP contribution in [0.1, 0.15) is 0 Å². The minimum absolute atomic E-state index is 0.0918. The molecule has 1 aromatic carbocycles. The number of aromatic nitrogens is 4. The van der Waals surface area contributed by atoms with Crippen LogP contribution in [0.5, 0.6) is 0 Å². The number of halogens is 2. The number of nitrogens with one attached hydrogen (secondary N) is 1. The summed E-state index contributed by atoms with van der Waals surface area (Å²) in [4.78, 5) is 16.0. The van der Waals surface area contributed by atoms with E-state index in [0.29, 0.717) is 26.7 Å². The number of hydrogen-bond acceptors (Lipinski definition) is 6. The Morgan fingerprint density at radius 1 is 1.20 bits per heavy atom. The molecule has 0 saturated heterocycles. The van der Waals surface area contributed by atoms with Crippen molar-refractivity contribution >= 4 is 46.6 Å². The number of nitrogens with two attached hydrogens (primary N) is 1. The van der Waals surface area contributed by atoms with Crippen LogP contribution in [0.2, 0.25) is 10.0 Å². The molecule has 0 bridgehead atoms. The number of nitrogens with zero attached hydrogens (tertiary/aromatic N) is 4. The van der Waals surface area contributed by atoms with Crippen molar-refractivity contribution in [2.45, 2.75) is 5.16 Å². The Bertz CT molecular complexity index is 902. The fourth-order valence-corrected chi connectivity index (χ4v) is 2.99. The van der Waals surface area contributed by atoms with Crippen molar-refractivity contribution in [2.75, 3.05) is 16.9 Å². The Kier molecular flexibility index (Phi) is 5.42. The fourth-order valence-electron chi connectivity index (χ4n) is 1.99. The average Bonchev–Trinajstić information content (AvgIpc) is 2.99. The van der Waals surface area contributed by atoms with Crippen molar-refractivity contribution in [2.24, 2.45) is 0 Å². The number of thioether (sulfide) groups is 1. The van der Waals surface area contributed by atoms with E-state index in [4.69, 9.17) is 29.0 Å². The summed E-state index contributed by atoms with van der Waals surface area (Å²) in [5.74, 6) is 6.32. The molecule has 3 rings (SSSR count). The van der Waals surface area contributed by atoms with Crippen molar-refractivity contribution in [1.82, 2.24) is 19.9 Å². The van der Waals surface area contributed by atoms with Gasteiger partial charge >= 0.3 is 0 Å². The first kappa shape index (κ1) is 17.5. The van der Waals surface area contributed by atoms with Crippen LogP contribution >= 0.6 is 35.0 Å². The first-order chi connectivity index (χ1) is 12.1. The minimum Gasteiger partial charge on any atom is -0.335 e. The highest BCUT2D eigenvalue weighted by Gasteiger charge is 2.14. The highest BCUT2D eigenvalue weighted by Crippen LogP contribution is 2.29. The molecule has 0 saturated carbocycles. The summed E-state index contributed by atoms with van der Waals surface area (Å²) in [6, 6.07) is 8.56. The lowest BCUT2D eigenvalue weighted by Crippen LogP contribution is -2.16. The van der Waals surface area contributed by atoms with E-state index in [-0.39, 0.29) is 11.7 Å². The first-order valence-electron chi connectivity index (χ1n) is 7.04. The van der Waals surface area contributed by atoms with Gasteiger partial charge in [0, 0.05) is 18.0 Å². The highest BCUT2D eigenvalue weighted by atomic mass is 35.5. The van der Waals surface area contributed by atoms with Gasteiger partial charge in [0.2, 0.25) is 11.1 Å². The zero-order chi connectivity index (χ0) is 17.8. The van der Waals surface area contributed by atoms with E-state index in [1.54, 1.807) is 42.7 Å². The summed E-state index contributed by atoms with van der Waals surface area (Å²) < 4.78 is 1.33. The van der Waals surface area contributed by atoms with Gasteiger partial charge in [-0.25, -0.2) is 4.68 Å². The van der Waals surface area contributed by atoms with Crippen LogP contribution in [-0.4, -0.2) is 31.5 Å². The van der Waals surface area contributed by atoms with E-state index in [0.717, 1.165) is 17.3 Å². The highest BCUT2D eigenvalue weighted by molar-refractivity contribution is 7.99. The minimum atomic E-state index is -0.261. The summed E-state index contributed by atoms with van der Waals surface area (Å²) in [5.41, 5.74) is 1.23. The molecule has 0 fully saturated rings. The van der Waals surface area contributed by atoms with E-state index in [2.05, 4.69) is 20.5 Å². The molecule has 10 heteroatoms. The van der Waals surface area contributed by atoms with Gasteiger partial charge in [-0.15, -0.1) is 10.2 Å². The molecule has 0 atom stereocenters. The Morgan fingerprint density at radius 2 is 1.96 bits per heavy atom. The summed E-state index contributed by atoms with van der Waals surface area (Å²) in [6.07, 6.45) is 3.28. The summed E-state index contributed by atoms with van der Waals surface area (Å²) in [6.45, 7) is 0. The van der Waals surface area contributed by atoms with Crippen LogP contribution in [0.4, 0.5) is 5.69 Å². The number of carbonyl (C=O) groups excluding carboxylic acids is 1. The van der Waals surface area contributed by atoms with Crippen molar-refractivity contribution in [3.05, 3.63) is 52.8 Å². The smallest absolute Gasteiger partial charge is 0.234 e. The van der Waals surface area contributed by atoms with Crippen molar-refractivity contribution < 1.29 is 4.79 Å². The SMILES string of the molecule is Nn1c(SCC(=O)Nc2cccc(Cl)c2Cl)nnc1-c1ccncc1. The quantitative estimate of drug-likeness (QED) is 0.509. The number of pyridine rings is 1. The van der Waals surface area contributed by atoms with Crippen molar-refractivity contribution in [3.8, 4) is 11.4 Å². The maximum Gasteiger partial charge on any atom is 0.234 e. The number of rotatable bonds is 5. The molecule has 0 aliphatic heterocycles. The first-order valence-corrected chi connectivity index (χ1v) is 8.78. The predicted octanol–water partition coefficient (Wildman–Crippen LogP) is 3.09. The second-order valence-corrected chi connectivity index (χ2v) is 6.58. The number of hydrogen-bond donors (Lipinski definition) is 2. The van der Waals surface area contributed by atoms with E-state index in [1.807, 2.05) is 0 Å². The third-order valence-electron chi connectivity index (χ3n) is 3.16. The summed E-state index contributed by atoms with van der Waals surface area (Å²) in [5, 5.41) is 11.8. The zero-order valence-corrected chi connectivity index (χ0v) is 15.0. The molecular formula is C15H12Cl2N6OS. The maximum atomic E-state index is 12.1. The van der Waals surface area contributed by atoms with Crippen LogP contribution < -0.4 is 11.2 Å². The van der Waals surface area contributed by atoms with Crippen LogP contribution in [0.25, 0.3) is 11.4 Å². The maximum absolute atomic E-state index is 12.1. The molecule has 0 aliphatic carbocycles. The number of carbonyl (C=O) groups is 1. The normalized spacial score (nSPS) is 10.6. The molecule has 128 valence electrons. The van der Waals surface area contributed by atoms with Crippen LogP contribution in [0.3, 0.4) is 0 Å². The molecular weight excluding hydrogens is 383 g/mol. The lowest BCUT2D eigenvalue weighted by molar-refractivity contribution is -0.113. The third-order valence-corrected chi connectivity index (χ3v) is 4.92. The molecule has 0 aliphatic rings. The van der Waals surface area contributed by atoms with Crippen LogP contribution in [0, 0.1) is 0 Å². The Morgan fingerprint density at radius 3 is 2.72 bits per heavy atom. The summed E-state index contributed by atoms with van der Waals surface area (Å²) >= 11 is 13.1. The molecule has 1 amide bonds. The van der Waals surface area contributed by atoms with Gasteiger partial charge < -0.3 is 11.2 Å². The molecule has 3 N–H and O–H groups in total. The molecule has 2 aromatic heterocycles. The van der Waals surface area contributed by atoms with E-state index >= 15 is 0 Å². The third kappa shape index (κ3) is 4.04. The zero-order valence-electron chi connectivity index (χ0n) is 12.7. The lowest BCUT2D eigenvalue weighted by Gasteiger charge is -2.08. The molecule has 0 unspecified atom stereocenters. The summed E-state index contributed by atoms with van der Waals surface area (Å²) in [7, 11) is 0. The van der Waals surface area contributed by atoms with Gasteiger partial charge in [0.1, 0.15) is 0 Å². The van der Waals surface area contributed by atoms with Crippen LogP contribution in [0.15, 0.2) is 47.9 Å². The monoisotopic (exact) mass is 394 g/mol. The van der Waals surface area contributed by atoms with Gasteiger partial charge in [-0.05, 0) is 24.3 Å². The number of anilines is 1. The standard InChI is InChI=1S/C15H12Cl2N6OS/c16-10-2-1-3-11(13(10)17)20-12(24)8-25-15-22-21-14(23(15)18)9-4-6-19-7-5-9/h1-7H,8,18H2,(H,20,24). The van der Waals surface area contributed by atoms with Gasteiger partial charge in [0.15, 0.2) is 5.82 Å². The van der Waals surface area contributed by atoms with E-state index < -0.39 is 0 Å². The molecule has 3 aromatic rings. The van der Waals surface area contributed by atoms with Crippen molar-refractivity contribution in [1.29, 1.82) is 0 Å². The number of benzene rings is 1. The van der Waals surface area contributed by atoms with Gasteiger partial charge in [-0.2, -0.15) is 0 Å². The van der Waals surface area contributed by atoms with Crippen molar-refractivity contribution in [3.63, 3.8) is 0 Å². The second kappa shape index (κ2) is 7.73. The molecule has 25 heavy (non-hydrogen) atoms. The molecule has 0 radical (unpaired) electrons. The number of nitrogen functional groups attached to an aromatic ring is 1. The fraction of sp³-hybridized carbons (Fsp3) is 0.0667. The molecule has 0 spiro atoms.